The maximum Gasteiger partial charge on any atom is 0.228 e. The maximum absolute atomic E-state index is 5.73. The Morgan fingerprint density at radius 3 is 3.00 bits per heavy atom. The number of hydrogen-bond donors (Lipinski definition) is 0. The van der Waals surface area contributed by atoms with Crippen LogP contribution < -0.4 is 0 Å². The number of hydrogen-bond acceptors (Lipinski definition) is 5. The van der Waals surface area contributed by atoms with Gasteiger partial charge in [0, 0.05) is 13.0 Å². The van der Waals surface area contributed by atoms with Crippen molar-refractivity contribution in [3.63, 3.8) is 0 Å². The summed E-state index contributed by atoms with van der Waals surface area (Å²) in [6, 6.07) is 0. The molecule has 6 nitrogen and oxygen atoms in total. The first-order valence-corrected chi connectivity index (χ1v) is 4.46. The van der Waals surface area contributed by atoms with Crippen LogP contribution >= 0.6 is 11.6 Å². The zero-order valence-corrected chi connectivity index (χ0v) is 8.27. The fourth-order valence-electron chi connectivity index (χ4n) is 1.05. The molecule has 2 heterocycles. The molecule has 0 aliphatic rings. The Hall–Kier alpha value is -1.43. The minimum atomic E-state index is 0.362. The average Bonchev–Trinajstić information content (AvgIpc) is 2.72. The molecule has 0 saturated heterocycles. The molecular formula is C7H8ClN5O. The molecule has 0 saturated carbocycles. The van der Waals surface area contributed by atoms with Crippen LogP contribution in [0.3, 0.4) is 0 Å². The van der Waals surface area contributed by atoms with Crippen LogP contribution in [0.4, 0.5) is 0 Å². The van der Waals surface area contributed by atoms with E-state index in [0.717, 1.165) is 0 Å². The number of nitrogens with zero attached hydrogens (tertiary/aromatic N) is 5. The first kappa shape index (κ1) is 9.14. The molecule has 0 fully saturated rings. The number of aromatic nitrogens is 5. The van der Waals surface area contributed by atoms with E-state index in [9.17, 15) is 0 Å². The summed E-state index contributed by atoms with van der Waals surface area (Å²) in [6.45, 7) is 2.41. The van der Waals surface area contributed by atoms with Gasteiger partial charge in [0.05, 0.1) is 0 Å². The van der Waals surface area contributed by atoms with E-state index >= 15 is 0 Å². The van der Waals surface area contributed by atoms with E-state index in [1.54, 1.807) is 17.8 Å². The molecule has 14 heavy (non-hydrogen) atoms. The molecule has 74 valence electrons. The molecule has 7 heteroatoms. The molecule has 0 spiro atoms. The Balaban J connectivity index is 1.98. The second kappa shape index (κ2) is 3.75. The third-order valence-corrected chi connectivity index (χ3v) is 2.00. The van der Waals surface area contributed by atoms with Gasteiger partial charge in [-0.05, 0) is 18.5 Å². The lowest BCUT2D eigenvalue weighted by Gasteiger charge is -1.97. The van der Waals surface area contributed by atoms with Gasteiger partial charge in [-0.2, -0.15) is 4.98 Å². The maximum atomic E-state index is 5.73. The van der Waals surface area contributed by atoms with Gasteiger partial charge in [0.15, 0.2) is 5.82 Å². The van der Waals surface area contributed by atoms with E-state index in [0.29, 0.717) is 30.0 Å². The summed E-state index contributed by atoms with van der Waals surface area (Å²) in [5.74, 6) is 1.22. The highest BCUT2D eigenvalue weighted by Gasteiger charge is 2.05. The molecule has 0 atom stereocenters. The second-order valence-electron chi connectivity index (χ2n) is 2.78. The SMILES string of the molecule is Cc1noc(CCn2cnnc2Cl)n1. The molecule has 0 aromatic carbocycles. The third-order valence-electron chi connectivity index (χ3n) is 1.70. The Morgan fingerprint density at radius 1 is 1.57 bits per heavy atom. The van der Waals surface area contributed by atoms with Crippen molar-refractivity contribution in [2.45, 2.75) is 19.9 Å². The molecule has 2 aromatic heterocycles. The van der Waals surface area contributed by atoms with Gasteiger partial charge in [-0.15, -0.1) is 10.2 Å². The molecule has 0 bridgehead atoms. The summed E-state index contributed by atoms with van der Waals surface area (Å²) >= 11 is 5.73. The predicted octanol–water partition coefficient (Wildman–Crippen LogP) is 0.866. The minimum absolute atomic E-state index is 0.362. The van der Waals surface area contributed by atoms with Gasteiger partial charge in [-0.25, -0.2) is 0 Å². The highest BCUT2D eigenvalue weighted by Crippen LogP contribution is 2.05. The van der Waals surface area contributed by atoms with Crippen LogP contribution in [0.1, 0.15) is 11.7 Å². The van der Waals surface area contributed by atoms with Crippen LogP contribution in [-0.4, -0.2) is 24.9 Å². The molecular weight excluding hydrogens is 206 g/mol. The van der Waals surface area contributed by atoms with Crippen molar-refractivity contribution in [1.29, 1.82) is 0 Å². The van der Waals surface area contributed by atoms with Crippen LogP contribution in [0.5, 0.6) is 0 Å². The summed E-state index contributed by atoms with van der Waals surface area (Å²) < 4.78 is 6.65. The van der Waals surface area contributed by atoms with E-state index < -0.39 is 0 Å². The molecule has 0 amide bonds. The highest BCUT2D eigenvalue weighted by molar-refractivity contribution is 6.28. The topological polar surface area (TPSA) is 69.6 Å². The highest BCUT2D eigenvalue weighted by atomic mass is 35.5. The summed E-state index contributed by atoms with van der Waals surface area (Å²) in [6.07, 6.45) is 2.18. The quantitative estimate of drug-likeness (QED) is 0.757. The monoisotopic (exact) mass is 213 g/mol. The number of aryl methyl sites for hydroxylation is 3. The molecule has 0 aliphatic carbocycles. The van der Waals surface area contributed by atoms with E-state index in [-0.39, 0.29) is 0 Å². The van der Waals surface area contributed by atoms with Crippen LogP contribution in [0, 0.1) is 6.92 Å². The molecule has 0 aliphatic heterocycles. The van der Waals surface area contributed by atoms with Crippen molar-refractivity contribution >= 4 is 11.6 Å². The fraction of sp³-hybridized carbons (Fsp3) is 0.429. The van der Waals surface area contributed by atoms with E-state index in [1.807, 2.05) is 0 Å². The lowest BCUT2D eigenvalue weighted by molar-refractivity contribution is 0.368. The average molecular weight is 214 g/mol. The van der Waals surface area contributed by atoms with E-state index in [1.165, 1.54) is 0 Å². The van der Waals surface area contributed by atoms with Gasteiger partial charge >= 0.3 is 0 Å². The van der Waals surface area contributed by atoms with Gasteiger partial charge in [0.25, 0.3) is 0 Å². The minimum Gasteiger partial charge on any atom is -0.339 e. The number of halogens is 1. The van der Waals surface area contributed by atoms with Crippen molar-refractivity contribution in [3.05, 3.63) is 23.3 Å². The van der Waals surface area contributed by atoms with Crippen molar-refractivity contribution in [1.82, 2.24) is 24.9 Å². The lowest BCUT2D eigenvalue weighted by atomic mass is 10.4. The second-order valence-corrected chi connectivity index (χ2v) is 3.12. The van der Waals surface area contributed by atoms with E-state index in [2.05, 4.69) is 20.3 Å². The Kier molecular flexibility index (Phi) is 2.45. The first-order valence-electron chi connectivity index (χ1n) is 4.08. The molecule has 0 unspecified atom stereocenters. The zero-order chi connectivity index (χ0) is 9.97. The van der Waals surface area contributed by atoms with Gasteiger partial charge < -0.3 is 9.09 Å². The van der Waals surface area contributed by atoms with Crippen LogP contribution in [0.15, 0.2) is 10.9 Å². The Bertz CT molecular complexity index is 423. The van der Waals surface area contributed by atoms with Crippen LogP contribution in [0.2, 0.25) is 5.28 Å². The standard InChI is InChI=1S/C7H8ClN5O/c1-5-10-6(14-12-5)2-3-13-4-9-11-7(13)8/h4H,2-3H2,1H3. The Morgan fingerprint density at radius 2 is 2.43 bits per heavy atom. The Labute approximate surface area is 84.9 Å². The molecule has 0 radical (unpaired) electrons. The summed E-state index contributed by atoms with van der Waals surface area (Å²) in [5.41, 5.74) is 0. The zero-order valence-electron chi connectivity index (χ0n) is 7.51. The predicted molar refractivity (Wildman–Crippen MR) is 47.8 cm³/mol. The van der Waals surface area contributed by atoms with Crippen molar-refractivity contribution in [2.75, 3.05) is 0 Å². The van der Waals surface area contributed by atoms with Crippen molar-refractivity contribution in [2.24, 2.45) is 0 Å². The van der Waals surface area contributed by atoms with Gasteiger partial charge in [0.2, 0.25) is 11.2 Å². The summed E-state index contributed by atoms with van der Waals surface area (Å²) in [7, 11) is 0. The van der Waals surface area contributed by atoms with Crippen LogP contribution in [-0.2, 0) is 13.0 Å². The fourth-order valence-corrected chi connectivity index (χ4v) is 1.22. The van der Waals surface area contributed by atoms with Crippen molar-refractivity contribution < 1.29 is 4.52 Å². The van der Waals surface area contributed by atoms with Gasteiger partial charge in [0.1, 0.15) is 6.33 Å². The molecule has 0 N–H and O–H groups in total. The lowest BCUT2D eigenvalue weighted by Crippen LogP contribution is -2.00. The van der Waals surface area contributed by atoms with E-state index in [4.69, 9.17) is 16.1 Å². The smallest absolute Gasteiger partial charge is 0.228 e. The third kappa shape index (κ3) is 1.90. The van der Waals surface area contributed by atoms with Gasteiger partial charge in [-0.1, -0.05) is 5.16 Å². The summed E-state index contributed by atoms with van der Waals surface area (Å²) in [5, 5.41) is 11.3. The van der Waals surface area contributed by atoms with Crippen LogP contribution in [0.25, 0.3) is 0 Å². The van der Waals surface area contributed by atoms with Crippen molar-refractivity contribution in [3.8, 4) is 0 Å². The summed E-state index contributed by atoms with van der Waals surface area (Å²) in [4.78, 5) is 4.06. The first-order chi connectivity index (χ1) is 6.75. The van der Waals surface area contributed by atoms with Gasteiger partial charge in [-0.3, -0.25) is 0 Å². The number of rotatable bonds is 3. The normalized spacial score (nSPS) is 10.7. The largest absolute Gasteiger partial charge is 0.339 e. The molecule has 2 rings (SSSR count). The molecule has 2 aromatic rings.